The second-order valence-corrected chi connectivity index (χ2v) is 4.75. The Bertz CT molecular complexity index is 507. The summed E-state index contributed by atoms with van der Waals surface area (Å²) in [4.78, 5) is 12.0. The molecule has 0 bridgehead atoms. The number of rotatable bonds is 5. The molecule has 1 aromatic rings. The highest BCUT2D eigenvalue weighted by Crippen LogP contribution is 2.34. The molecule has 1 aliphatic heterocycles. The molecule has 6 nitrogen and oxygen atoms in total. The number of hydrogen-bond donors (Lipinski definition) is 1. The lowest BCUT2D eigenvalue weighted by Gasteiger charge is -2.34. The second-order valence-electron chi connectivity index (χ2n) is 4.75. The first-order valence-electron chi connectivity index (χ1n) is 6.60. The van der Waals surface area contributed by atoms with Crippen LogP contribution in [-0.4, -0.2) is 49.5 Å². The summed E-state index contributed by atoms with van der Waals surface area (Å²) in [5.41, 5.74) is -0.0600. The first kappa shape index (κ1) is 15.6. The first-order chi connectivity index (χ1) is 10.0. The molecule has 1 aliphatic rings. The molecule has 1 atom stereocenters. The highest BCUT2D eigenvalue weighted by atomic mass is 19.3. The summed E-state index contributed by atoms with van der Waals surface area (Å²) >= 11 is 0. The van der Waals surface area contributed by atoms with Crippen molar-refractivity contribution in [3.05, 3.63) is 33.9 Å². The normalized spacial score (nSPS) is 17.7. The highest BCUT2D eigenvalue weighted by molar-refractivity contribution is 5.49. The fourth-order valence-electron chi connectivity index (χ4n) is 2.51. The summed E-state index contributed by atoms with van der Waals surface area (Å²) in [6.07, 6.45) is -2.61. The Morgan fingerprint density at radius 2 is 2.05 bits per heavy atom. The summed E-state index contributed by atoms with van der Waals surface area (Å²) in [6, 6.07) is 2.87. The van der Waals surface area contributed by atoms with Crippen molar-refractivity contribution in [3.8, 4) is 5.75 Å². The maximum Gasteiger partial charge on any atom is 0.311 e. The van der Waals surface area contributed by atoms with Crippen molar-refractivity contribution in [2.45, 2.75) is 12.5 Å². The van der Waals surface area contributed by atoms with E-state index in [-0.39, 0.29) is 17.0 Å². The molecular formula is C13H17F2N3O3. The molecule has 1 N–H and O–H groups in total. The molecule has 0 spiro atoms. The Kier molecular flexibility index (Phi) is 5.03. The van der Waals surface area contributed by atoms with Crippen LogP contribution in [-0.2, 0) is 0 Å². The van der Waals surface area contributed by atoms with Crippen LogP contribution in [0, 0.1) is 10.1 Å². The Labute approximate surface area is 120 Å². The zero-order valence-corrected chi connectivity index (χ0v) is 11.6. The van der Waals surface area contributed by atoms with E-state index >= 15 is 0 Å². The smallest absolute Gasteiger partial charge is 0.311 e. The van der Waals surface area contributed by atoms with E-state index in [1.165, 1.54) is 25.3 Å². The molecular weight excluding hydrogens is 284 g/mol. The third-order valence-electron chi connectivity index (χ3n) is 3.52. The standard InChI is InChI=1S/C13H17F2N3O3/c1-21-11-3-2-9(8-10(11)18(19)20)12(13(14)15)17-6-4-16-5-7-17/h2-3,8,12-13,16H,4-7H2,1H3/t12-/m0/s1. The predicted octanol–water partition coefficient (Wildman–Crippen LogP) is 1.81. The van der Waals surface area contributed by atoms with Gasteiger partial charge in [-0.25, -0.2) is 8.78 Å². The van der Waals surface area contributed by atoms with E-state index in [4.69, 9.17) is 4.74 Å². The number of alkyl halides is 2. The lowest BCUT2D eigenvalue weighted by Crippen LogP contribution is -2.46. The van der Waals surface area contributed by atoms with Crippen LogP contribution in [0.3, 0.4) is 0 Å². The molecule has 1 heterocycles. The van der Waals surface area contributed by atoms with Crippen molar-refractivity contribution in [2.75, 3.05) is 33.3 Å². The van der Waals surface area contributed by atoms with E-state index < -0.39 is 17.4 Å². The minimum Gasteiger partial charge on any atom is -0.490 e. The third-order valence-corrected chi connectivity index (χ3v) is 3.52. The largest absolute Gasteiger partial charge is 0.490 e. The van der Waals surface area contributed by atoms with Crippen LogP contribution in [0.1, 0.15) is 11.6 Å². The minimum absolute atomic E-state index is 0.0667. The fraction of sp³-hybridized carbons (Fsp3) is 0.538. The van der Waals surface area contributed by atoms with Gasteiger partial charge in [-0.3, -0.25) is 15.0 Å². The summed E-state index contributed by atoms with van der Waals surface area (Å²) < 4.78 is 31.7. The quantitative estimate of drug-likeness (QED) is 0.663. The van der Waals surface area contributed by atoms with Gasteiger partial charge < -0.3 is 10.1 Å². The van der Waals surface area contributed by atoms with Crippen molar-refractivity contribution in [1.29, 1.82) is 0 Å². The molecule has 0 saturated carbocycles. The van der Waals surface area contributed by atoms with Crippen LogP contribution in [0.2, 0.25) is 0 Å². The monoisotopic (exact) mass is 301 g/mol. The van der Waals surface area contributed by atoms with Gasteiger partial charge in [-0.05, 0) is 11.6 Å². The lowest BCUT2D eigenvalue weighted by molar-refractivity contribution is -0.385. The van der Waals surface area contributed by atoms with Gasteiger partial charge in [-0.1, -0.05) is 6.07 Å². The first-order valence-corrected chi connectivity index (χ1v) is 6.60. The van der Waals surface area contributed by atoms with Crippen molar-refractivity contribution < 1.29 is 18.4 Å². The molecule has 0 radical (unpaired) electrons. The number of halogens is 2. The van der Waals surface area contributed by atoms with Crippen molar-refractivity contribution in [2.24, 2.45) is 0 Å². The summed E-state index contributed by atoms with van der Waals surface area (Å²) in [5.74, 6) is 0.0667. The summed E-state index contributed by atoms with van der Waals surface area (Å²) in [7, 11) is 1.31. The average Bonchev–Trinajstić information content (AvgIpc) is 2.48. The van der Waals surface area contributed by atoms with Crippen LogP contribution in [0.15, 0.2) is 18.2 Å². The Hall–Kier alpha value is -1.80. The number of nitro benzene ring substituents is 1. The summed E-state index contributed by atoms with van der Waals surface area (Å²) in [6.45, 7) is 2.21. The minimum atomic E-state index is -2.61. The highest BCUT2D eigenvalue weighted by Gasteiger charge is 2.31. The second kappa shape index (κ2) is 6.77. The van der Waals surface area contributed by atoms with Crippen molar-refractivity contribution >= 4 is 5.69 Å². The fourth-order valence-corrected chi connectivity index (χ4v) is 2.51. The van der Waals surface area contributed by atoms with Crippen molar-refractivity contribution in [1.82, 2.24) is 10.2 Å². The number of nitrogens with zero attached hydrogens (tertiary/aromatic N) is 2. The maximum atomic E-state index is 13.4. The van der Waals surface area contributed by atoms with Gasteiger partial charge in [0.05, 0.1) is 18.1 Å². The van der Waals surface area contributed by atoms with Gasteiger partial charge in [-0.2, -0.15) is 0 Å². The molecule has 1 fully saturated rings. The molecule has 1 saturated heterocycles. The van der Waals surface area contributed by atoms with E-state index in [2.05, 4.69) is 5.32 Å². The molecule has 8 heteroatoms. The molecule has 0 aliphatic carbocycles. The Morgan fingerprint density at radius 3 is 2.57 bits per heavy atom. The van der Waals surface area contributed by atoms with E-state index in [0.717, 1.165) is 0 Å². The molecule has 0 unspecified atom stereocenters. The molecule has 2 rings (SSSR count). The Morgan fingerprint density at radius 1 is 1.38 bits per heavy atom. The molecule has 21 heavy (non-hydrogen) atoms. The Balaban J connectivity index is 2.35. The zero-order valence-electron chi connectivity index (χ0n) is 11.6. The number of ether oxygens (including phenoxy) is 1. The van der Waals surface area contributed by atoms with Crippen LogP contribution >= 0.6 is 0 Å². The van der Waals surface area contributed by atoms with Crippen LogP contribution in [0.25, 0.3) is 0 Å². The van der Waals surface area contributed by atoms with Gasteiger partial charge >= 0.3 is 5.69 Å². The van der Waals surface area contributed by atoms with Gasteiger partial charge in [0.15, 0.2) is 5.75 Å². The number of methoxy groups -OCH3 is 1. The number of piperazine rings is 1. The molecule has 1 aromatic carbocycles. The van der Waals surface area contributed by atoms with Gasteiger partial charge in [0.2, 0.25) is 0 Å². The number of hydrogen-bond acceptors (Lipinski definition) is 5. The van der Waals surface area contributed by atoms with Crippen LogP contribution in [0.4, 0.5) is 14.5 Å². The van der Waals surface area contributed by atoms with E-state index in [1.807, 2.05) is 0 Å². The van der Waals surface area contributed by atoms with Gasteiger partial charge in [0.1, 0.15) is 0 Å². The molecule has 116 valence electrons. The maximum absolute atomic E-state index is 13.4. The third kappa shape index (κ3) is 3.45. The van der Waals surface area contributed by atoms with E-state index in [1.54, 1.807) is 4.90 Å². The van der Waals surface area contributed by atoms with Crippen LogP contribution in [0.5, 0.6) is 5.75 Å². The zero-order chi connectivity index (χ0) is 15.4. The molecule has 0 amide bonds. The van der Waals surface area contributed by atoms with Gasteiger partial charge in [0, 0.05) is 32.2 Å². The number of nitrogens with one attached hydrogen (secondary N) is 1. The lowest BCUT2D eigenvalue weighted by atomic mass is 10.0. The predicted molar refractivity (Wildman–Crippen MR) is 72.8 cm³/mol. The van der Waals surface area contributed by atoms with E-state index in [9.17, 15) is 18.9 Å². The number of nitro groups is 1. The van der Waals surface area contributed by atoms with Crippen molar-refractivity contribution in [3.63, 3.8) is 0 Å². The molecule has 0 aromatic heterocycles. The topological polar surface area (TPSA) is 67.6 Å². The SMILES string of the molecule is COc1ccc([C@@H](C(F)F)N2CCNCC2)cc1[N+](=O)[O-]. The van der Waals surface area contributed by atoms with E-state index in [0.29, 0.717) is 26.2 Å². The number of benzene rings is 1. The average molecular weight is 301 g/mol. The van der Waals surface area contributed by atoms with Gasteiger partial charge in [-0.15, -0.1) is 0 Å². The van der Waals surface area contributed by atoms with Crippen LogP contribution < -0.4 is 10.1 Å². The van der Waals surface area contributed by atoms with Gasteiger partial charge in [0.25, 0.3) is 6.43 Å². The summed E-state index contributed by atoms with van der Waals surface area (Å²) in [5, 5.41) is 14.1.